The maximum absolute atomic E-state index is 12.3. The molecule has 2 aliphatic rings. The van der Waals surface area contributed by atoms with Crippen LogP contribution in [0.4, 0.5) is 0 Å². The fourth-order valence-corrected chi connectivity index (χ4v) is 4.09. The van der Waals surface area contributed by atoms with E-state index in [9.17, 15) is 14.7 Å². The summed E-state index contributed by atoms with van der Waals surface area (Å²) in [5.74, 6) is -2.21. The predicted molar refractivity (Wildman–Crippen MR) is 85.3 cm³/mol. The van der Waals surface area contributed by atoms with Gasteiger partial charge < -0.3 is 15.2 Å². The van der Waals surface area contributed by atoms with Gasteiger partial charge in [-0.25, -0.2) is 0 Å². The van der Waals surface area contributed by atoms with Crippen molar-refractivity contribution in [2.24, 2.45) is 23.7 Å². The summed E-state index contributed by atoms with van der Waals surface area (Å²) in [5, 5.41) is 14.1. The molecule has 1 N–H and O–H groups in total. The van der Waals surface area contributed by atoms with Crippen LogP contribution in [-0.2, 0) is 15.0 Å². The molecule has 0 heterocycles. The number of rotatable bonds is 6. The minimum absolute atomic E-state index is 0. The summed E-state index contributed by atoms with van der Waals surface area (Å²) in [6.45, 7) is 4.43. The number of aliphatic carboxylic acids is 1. The van der Waals surface area contributed by atoms with Crippen LogP contribution < -0.4 is 40.0 Å². The molecule has 24 heavy (non-hydrogen) atoms. The van der Waals surface area contributed by atoms with Gasteiger partial charge in [0.2, 0.25) is 5.91 Å². The van der Waals surface area contributed by atoms with E-state index in [4.69, 9.17) is 0 Å². The van der Waals surface area contributed by atoms with E-state index in [0.717, 1.165) is 19.3 Å². The van der Waals surface area contributed by atoms with Crippen LogP contribution in [0.25, 0.3) is 0 Å². The number of amides is 1. The fourth-order valence-electron chi connectivity index (χ4n) is 4.09. The molecule has 1 aromatic rings. The van der Waals surface area contributed by atoms with E-state index in [-0.39, 0.29) is 52.7 Å². The molecule has 2 fully saturated rings. The molecule has 4 nitrogen and oxygen atoms in total. The van der Waals surface area contributed by atoms with E-state index in [1.165, 1.54) is 5.56 Å². The first-order chi connectivity index (χ1) is 11.0. The molecule has 1 aromatic carbocycles. The zero-order chi connectivity index (χ0) is 16.6. The minimum Gasteiger partial charge on any atom is -0.550 e. The van der Waals surface area contributed by atoms with Crippen molar-refractivity contribution in [1.29, 1.82) is 0 Å². The average molecular weight is 337 g/mol. The number of nitrogens with one attached hydrogen (secondary N) is 1. The van der Waals surface area contributed by atoms with Crippen molar-refractivity contribution in [3.8, 4) is 0 Å². The smallest absolute Gasteiger partial charge is 0.550 e. The van der Waals surface area contributed by atoms with Gasteiger partial charge in [-0.2, -0.15) is 0 Å². The Morgan fingerprint density at radius 2 is 1.71 bits per heavy atom. The third-order valence-electron chi connectivity index (χ3n) is 6.07. The molecule has 0 saturated heterocycles. The molecule has 2 saturated carbocycles. The van der Waals surface area contributed by atoms with E-state index in [1.807, 2.05) is 19.9 Å². The zero-order valence-corrected chi connectivity index (χ0v) is 16.7. The summed E-state index contributed by atoms with van der Waals surface area (Å²) in [4.78, 5) is 23.5. The van der Waals surface area contributed by atoms with Crippen LogP contribution in [0.1, 0.15) is 38.7 Å². The van der Waals surface area contributed by atoms with Crippen LogP contribution in [0.3, 0.4) is 0 Å². The van der Waals surface area contributed by atoms with Gasteiger partial charge in [0.1, 0.15) is 0 Å². The quantitative estimate of drug-likeness (QED) is 0.642. The molecule has 0 radical (unpaired) electrons. The Kier molecular flexibility index (Phi) is 6.16. The standard InChI is InChI=1S/C19H25NO3.Na/c1-12-13(2)16(18(22)23)15(12)17(21)20-11-10-19(8-9-19)14-6-4-3-5-7-14;/h3-7,12-13,15-16H,8-11H2,1-2H3,(H,20,21)(H,22,23);/q;+1/p-1/t12?,13?,15-,16+;/m0./s1. The zero-order valence-electron chi connectivity index (χ0n) is 14.7. The third kappa shape index (κ3) is 3.56. The Morgan fingerprint density at radius 3 is 2.25 bits per heavy atom. The molecule has 1 amide bonds. The van der Waals surface area contributed by atoms with Gasteiger partial charge in [-0.15, -0.1) is 0 Å². The second kappa shape index (κ2) is 7.59. The largest absolute Gasteiger partial charge is 1.00 e. The summed E-state index contributed by atoms with van der Waals surface area (Å²) in [7, 11) is 0. The normalized spacial score (nSPS) is 29.8. The van der Waals surface area contributed by atoms with Gasteiger partial charge in [-0.05, 0) is 42.1 Å². The monoisotopic (exact) mass is 337 g/mol. The summed E-state index contributed by atoms with van der Waals surface area (Å²) in [6, 6.07) is 10.4. The second-order valence-electron chi connectivity index (χ2n) is 7.28. The molecule has 5 heteroatoms. The van der Waals surface area contributed by atoms with E-state index >= 15 is 0 Å². The van der Waals surface area contributed by atoms with Crippen LogP contribution in [0.15, 0.2) is 30.3 Å². The number of hydrogen-bond donors (Lipinski definition) is 1. The number of carbonyl (C=O) groups excluding carboxylic acids is 2. The number of carbonyl (C=O) groups is 2. The Hall–Kier alpha value is -0.840. The molecule has 3 rings (SSSR count). The van der Waals surface area contributed by atoms with Gasteiger partial charge in [-0.1, -0.05) is 44.2 Å². The van der Waals surface area contributed by atoms with Crippen LogP contribution in [0.5, 0.6) is 0 Å². The van der Waals surface area contributed by atoms with E-state index < -0.39 is 17.8 Å². The molecule has 0 bridgehead atoms. The van der Waals surface area contributed by atoms with Crippen molar-refractivity contribution in [3.05, 3.63) is 35.9 Å². The van der Waals surface area contributed by atoms with Gasteiger partial charge in [0.05, 0.1) is 0 Å². The number of carboxylic acid groups (broad SMARTS) is 1. The molecule has 124 valence electrons. The fraction of sp³-hybridized carbons (Fsp3) is 0.579. The van der Waals surface area contributed by atoms with Crippen LogP contribution >= 0.6 is 0 Å². The molecule has 0 aliphatic heterocycles. The van der Waals surface area contributed by atoms with E-state index in [1.54, 1.807) is 0 Å². The number of hydrogen-bond acceptors (Lipinski definition) is 3. The molecule has 4 atom stereocenters. The Morgan fingerprint density at radius 1 is 1.12 bits per heavy atom. The Labute approximate surface area is 165 Å². The van der Waals surface area contributed by atoms with Crippen molar-refractivity contribution in [1.82, 2.24) is 5.32 Å². The molecule has 2 unspecified atom stereocenters. The molecular weight excluding hydrogens is 313 g/mol. The maximum Gasteiger partial charge on any atom is 1.00 e. The maximum atomic E-state index is 12.3. The van der Waals surface area contributed by atoms with Gasteiger partial charge >= 0.3 is 29.6 Å². The van der Waals surface area contributed by atoms with E-state index in [2.05, 4.69) is 29.6 Å². The summed E-state index contributed by atoms with van der Waals surface area (Å²) >= 11 is 0. The first-order valence-corrected chi connectivity index (χ1v) is 8.50. The van der Waals surface area contributed by atoms with Crippen molar-refractivity contribution < 1.29 is 44.3 Å². The summed E-state index contributed by atoms with van der Waals surface area (Å²) in [5.41, 5.74) is 1.55. The van der Waals surface area contributed by atoms with Crippen molar-refractivity contribution in [2.45, 2.75) is 38.5 Å². The third-order valence-corrected chi connectivity index (χ3v) is 6.07. The van der Waals surface area contributed by atoms with Gasteiger partial charge in [-0.3, -0.25) is 4.79 Å². The van der Waals surface area contributed by atoms with Crippen molar-refractivity contribution in [2.75, 3.05) is 6.54 Å². The molecule has 0 spiro atoms. The summed E-state index contributed by atoms with van der Waals surface area (Å²) in [6.07, 6.45) is 3.23. The average Bonchev–Trinajstić information content (AvgIpc) is 3.32. The number of benzene rings is 1. The first kappa shape index (κ1) is 19.5. The van der Waals surface area contributed by atoms with Crippen molar-refractivity contribution >= 4 is 11.9 Å². The van der Waals surface area contributed by atoms with Crippen LogP contribution in [-0.4, -0.2) is 18.4 Å². The molecule has 2 aliphatic carbocycles. The Balaban J connectivity index is 0.00000208. The first-order valence-electron chi connectivity index (χ1n) is 8.50. The second-order valence-corrected chi connectivity index (χ2v) is 7.28. The van der Waals surface area contributed by atoms with Gasteiger partial charge in [0, 0.05) is 24.3 Å². The topological polar surface area (TPSA) is 69.2 Å². The minimum atomic E-state index is -1.10. The van der Waals surface area contributed by atoms with Gasteiger partial charge in [0.25, 0.3) is 0 Å². The Bertz CT molecular complexity index is 600. The summed E-state index contributed by atoms with van der Waals surface area (Å²) < 4.78 is 0. The van der Waals surface area contributed by atoms with Crippen LogP contribution in [0.2, 0.25) is 0 Å². The van der Waals surface area contributed by atoms with Crippen LogP contribution in [0, 0.1) is 23.7 Å². The van der Waals surface area contributed by atoms with Crippen molar-refractivity contribution in [3.63, 3.8) is 0 Å². The molecular formula is C19H24NNaO3. The van der Waals surface area contributed by atoms with Gasteiger partial charge in [0.15, 0.2) is 0 Å². The van der Waals surface area contributed by atoms with E-state index in [0.29, 0.717) is 6.54 Å². The predicted octanol–water partition coefficient (Wildman–Crippen LogP) is -1.50. The number of carboxylic acids is 1. The molecule has 0 aromatic heterocycles. The SMILES string of the molecule is CC1C(C)[C@H](C(=O)NCCC2(c3ccccc3)CC2)[C@@H]1C(=O)[O-].[Na+].